The first-order valence-corrected chi connectivity index (χ1v) is 8.39. The summed E-state index contributed by atoms with van der Waals surface area (Å²) in [6, 6.07) is 7.73. The van der Waals surface area contributed by atoms with Gasteiger partial charge >= 0.3 is 6.18 Å². The van der Waals surface area contributed by atoms with Gasteiger partial charge in [-0.25, -0.2) is 0 Å². The van der Waals surface area contributed by atoms with E-state index >= 15 is 0 Å². The fourth-order valence-electron chi connectivity index (χ4n) is 2.18. The van der Waals surface area contributed by atoms with Crippen LogP contribution in [0.2, 0.25) is 0 Å². The number of unbranched alkanes of at least 4 members (excludes halogenated alkanes) is 6. The molecule has 0 N–H and O–H groups in total. The average molecular weight is 337 g/mol. The maximum absolute atomic E-state index is 11.9. The summed E-state index contributed by atoms with van der Waals surface area (Å²) in [4.78, 5) is 0. The molecule has 0 bridgehead atoms. The Hall–Kier alpha value is -0.900. The summed E-state index contributed by atoms with van der Waals surface area (Å²) in [6.07, 6.45) is 1.25. The van der Waals surface area contributed by atoms with E-state index < -0.39 is 12.6 Å². The Kier molecular flexibility index (Phi) is 9.37. The standard InChI is InChI=1S/C17H24ClF3O/c18-14-15-8-10-16(11-9-15)22-13-7-5-3-1-2-4-6-12-17(19,20)21/h8-11H,1-7,12-14H2. The van der Waals surface area contributed by atoms with Crippen LogP contribution in [0.1, 0.15) is 56.9 Å². The van der Waals surface area contributed by atoms with Gasteiger partial charge in [0, 0.05) is 12.3 Å². The van der Waals surface area contributed by atoms with Crippen molar-refractivity contribution in [3.63, 3.8) is 0 Å². The second-order valence-corrected chi connectivity index (χ2v) is 5.73. The van der Waals surface area contributed by atoms with E-state index in [0.717, 1.165) is 43.4 Å². The molecule has 0 aliphatic rings. The SMILES string of the molecule is FC(F)(F)CCCCCCCCCOc1ccc(CCl)cc1. The molecule has 0 saturated carbocycles. The lowest BCUT2D eigenvalue weighted by Gasteiger charge is -2.07. The molecular formula is C17H24ClF3O. The van der Waals surface area contributed by atoms with Gasteiger partial charge in [-0.3, -0.25) is 0 Å². The van der Waals surface area contributed by atoms with Crippen molar-refractivity contribution in [2.75, 3.05) is 6.61 Å². The Morgan fingerprint density at radius 3 is 1.91 bits per heavy atom. The Morgan fingerprint density at radius 1 is 0.818 bits per heavy atom. The molecule has 0 aliphatic carbocycles. The van der Waals surface area contributed by atoms with Crippen LogP contribution in [0.5, 0.6) is 5.75 Å². The fraction of sp³-hybridized carbons (Fsp3) is 0.647. The van der Waals surface area contributed by atoms with Crippen molar-refractivity contribution in [2.24, 2.45) is 0 Å². The van der Waals surface area contributed by atoms with Crippen LogP contribution in [-0.2, 0) is 5.88 Å². The van der Waals surface area contributed by atoms with Crippen LogP contribution in [0.15, 0.2) is 24.3 Å². The third-order valence-electron chi connectivity index (χ3n) is 3.45. The molecule has 1 rings (SSSR count). The highest BCUT2D eigenvalue weighted by Gasteiger charge is 2.25. The van der Waals surface area contributed by atoms with Gasteiger partial charge in [0.15, 0.2) is 0 Å². The van der Waals surface area contributed by atoms with Gasteiger partial charge in [-0.15, -0.1) is 11.6 Å². The summed E-state index contributed by atoms with van der Waals surface area (Å²) >= 11 is 5.71. The largest absolute Gasteiger partial charge is 0.494 e. The molecule has 1 nitrogen and oxygen atoms in total. The Balaban J connectivity index is 1.91. The van der Waals surface area contributed by atoms with Gasteiger partial charge in [0.05, 0.1) is 6.61 Å². The fourth-order valence-corrected chi connectivity index (χ4v) is 2.35. The first-order chi connectivity index (χ1) is 10.5. The highest BCUT2D eigenvalue weighted by Crippen LogP contribution is 2.23. The van der Waals surface area contributed by atoms with Crippen LogP contribution in [0.3, 0.4) is 0 Å². The van der Waals surface area contributed by atoms with Crippen LogP contribution < -0.4 is 4.74 Å². The number of rotatable bonds is 11. The highest BCUT2D eigenvalue weighted by molar-refractivity contribution is 6.17. The molecule has 1 aromatic carbocycles. The molecule has 5 heteroatoms. The van der Waals surface area contributed by atoms with E-state index in [2.05, 4.69) is 0 Å². The van der Waals surface area contributed by atoms with Crippen molar-refractivity contribution < 1.29 is 17.9 Å². The third kappa shape index (κ3) is 9.93. The van der Waals surface area contributed by atoms with E-state index in [0.29, 0.717) is 18.9 Å². The molecule has 0 heterocycles. The molecule has 0 aliphatic heterocycles. The number of ether oxygens (including phenoxy) is 1. The molecule has 0 radical (unpaired) electrons. The molecule has 0 unspecified atom stereocenters. The van der Waals surface area contributed by atoms with Gasteiger partial charge in [0.25, 0.3) is 0 Å². The second kappa shape index (κ2) is 10.8. The summed E-state index contributed by atoms with van der Waals surface area (Å²) in [5.74, 6) is 1.35. The lowest BCUT2D eigenvalue weighted by molar-refractivity contribution is -0.135. The summed E-state index contributed by atoms with van der Waals surface area (Å²) in [6.45, 7) is 0.675. The Morgan fingerprint density at radius 2 is 1.36 bits per heavy atom. The maximum atomic E-state index is 11.9. The minimum atomic E-state index is -4.00. The normalized spacial score (nSPS) is 11.6. The van der Waals surface area contributed by atoms with Crippen LogP contribution >= 0.6 is 11.6 Å². The molecule has 0 fully saturated rings. The van der Waals surface area contributed by atoms with Crippen LogP contribution in [-0.4, -0.2) is 12.8 Å². The lowest BCUT2D eigenvalue weighted by Crippen LogP contribution is -2.06. The molecule has 0 saturated heterocycles. The molecule has 1 aromatic rings. The number of alkyl halides is 4. The first kappa shape index (κ1) is 19.1. The van der Waals surface area contributed by atoms with E-state index in [1.54, 1.807) is 0 Å². The molecule has 126 valence electrons. The predicted octanol–water partition coefficient (Wildman–Crippen LogP) is 6.49. The van der Waals surface area contributed by atoms with Gasteiger partial charge in [-0.05, 0) is 30.5 Å². The number of hydrogen-bond acceptors (Lipinski definition) is 1. The monoisotopic (exact) mass is 336 g/mol. The Bertz CT molecular complexity index is 390. The van der Waals surface area contributed by atoms with E-state index in [1.165, 1.54) is 0 Å². The van der Waals surface area contributed by atoms with E-state index in [9.17, 15) is 13.2 Å². The van der Waals surface area contributed by atoms with Gasteiger partial charge in [0.1, 0.15) is 5.75 Å². The summed E-state index contributed by atoms with van der Waals surface area (Å²) in [5.41, 5.74) is 1.07. The summed E-state index contributed by atoms with van der Waals surface area (Å²) in [7, 11) is 0. The smallest absolute Gasteiger partial charge is 0.389 e. The number of benzene rings is 1. The van der Waals surface area contributed by atoms with Crippen molar-refractivity contribution in [2.45, 2.75) is 63.4 Å². The minimum Gasteiger partial charge on any atom is -0.494 e. The number of halogens is 4. The average Bonchev–Trinajstić information content (AvgIpc) is 2.48. The molecule has 0 amide bonds. The molecule has 0 aromatic heterocycles. The zero-order chi connectivity index (χ0) is 16.3. The molecular weight excluding hydrogens is 313 g/mol. The zero-order valence-electron chi connectivity index (χ0n) is 12.8. The van der Waals surface area contributed by atoms with E-state index in [4.69, 9.17) is 16.3 Å². The minimum absolute atomic E-state index is 0.255. The zero-order valence-corrected chi connectivity index (χ0v) is 13.6. The van der Waals surface area contributed by atoms with Crippen molar-refractivity contribution in [3.05, 3.63) is 29.8 Å². The first-order valence-electron chi connectivity index (χ1n) is 7.86. The van der Waals surface area contributed by atoms with Crippen molar-refractivity contribution >= 4 is 11.6 Å². The molecule has 22 heavy (non-hydrogen) atoms. The third-order valence-corrected chi connectivity index (χ3v) is 3.76. The Labute approximate surface area is 135 Å². The van der Waals surface area contributed by atoms with E-state index in [1.807, 2.05) is 24.3 Å². The highest BCUT2D eigenvalue weighted by atomic mass is 35.5. The van der Waals surface area contributed by atoms with Gasteiger partial charge in [-0.2, -0.15) is 13.2 Å². The predicted molar refractivity (Wildman–Crippen MR) is 84.5 cm³/mol. The van der Waals surface area contributed by atoms with Crippen molar-refractivity contribution in [3.8, 4) is 5.75 Å². The van der Waals surface area contributed by atoms with Crippen LogP contribution in [0.4, 0.5) is 13.2 Å². The van der Waals surface area contributed by atoms with Crippen molar-refractivity contribution in [1.82, 2.24) is 0 Å². The second-order valence-electron chi connectivity index (χ2n) is 5.47. The van der Waals surface area contributed by atoms with Crippen LogP contribution in [0, 0.1) is 0 Å². The summed E-state index contributed by atoms with van der Waals surface area (Å²) < 4.78 is 41.4. The van der Waals surface area contributed by atoms with Crippen molar-refractivity contribution in [1.29, 1.82) is 0 Å². The van der Waals surface area contributed by atoms with Gasteiger partial charge in [-0.1, -0.05) is 44.2 Å². The quantitative estimate of drug-likeness (QED) is 0.331. The summed E-state index contributed by atoms with van der Waals surface area (Å²) in [5, 5.41) is 0. The number of hydrogen-bond donors (Lipinski definition) is 0. The molecule has 0 atom stereocenters. The topological polar surface area (TPSA) is 9.23 Å². The van der Waals surface area contributed by atoms with Crippen LogP contribution in [0.25, 0.3) is 0 Å². The lowest BCUT2D eigenvalue weighted by atomic mass is 10.1. The van der Waals surface area contributed by atoms with Gasteiger partial charge < -0.3 is 4.74 Å². The maximum Gasteiger partial charge on any atom is 0.389 e. The van der Waals surface area contributed by atoms with E-state index in [-0.39, 0.29) is 6.42 Å². The van der Waals surface area contributed by atoms with Gasteiger partial charge in [0.2, 0.25) is 0 Å². The molecule has 0 spiro atoms.